The van der Waals surface area contributed by atoms with E-state index in [0.717, 1.165) is 5.56 Å². The van der Waals surface area contributed by atoms with Gasteiger partial charge >= 0.3 is 0 Å². The van der Waals surface area contributed by atoms with E-state index < -0.39 is 0 Å². The average Bonchev–Trinajstić information content (AvgIpc) is 2.77. The molecule has 0 N–H and O–H groups in total. The Kier molecular flexibility index (Phi) is 6.38. The number of benzene rings is 3. The number of Topliss-reactive ketones (excluding diaryl/α,β-unsaturated/α-hetero) is 2. The summed E-state index contributed by atoms with van der Waals surface area (Å²) in [5.41, 5.74) is 2.30. The fourth-order valence-electron chi connectivity index (χ4n) is 3.43. The van der Waals surface area contributed by atoms with Crippen LogP contribution in [0.3, 0.4) is 0 Å². The molecule has 0 fully saturated rings. The zero-order valence-electron chi connectivity index (χ0n) is 16.2. The number of carbonyl (C=O) groups is 2. The van der Waals surface area contributed by atoms with Gasteiger partial charge in [0.25, 0.3) is 0 Å². The minimum atomic E-state index is -0.313. The first-order chi connectivity index (χ1) is 13.6. The number of hydrogen-bond acceptors (Lipinski definition) is 3. The summed E-state index contributed by atoms with van der Waals surface area (Å²) in [4.78, 5) is 26.0. The van der Waals surface area contributed by atoms with Crippen LogP contribution in [0.2, 0.25) is 0 Å². The molecule has 3 rings (SSSR count). The molecule has 0 aliphatic heterocycles. The molecule has 0 saturated heterocycles. The molecule has 0 amide bonds. The highest BCUT2D eigenvalue weighted by atomic mass is 16.5. The molecule has 142 valence electrons. The second kappa shape index (κ2) is 9.14. The zero-order chi connectivity index (χ0) is 19.9. The largest absolute Gasteiger partial charge is 0.497 e. The number of methoxy groups -OCH3 is 1. The number of ether oxygens (including phenoxy) is 1. The molecule has 0 radical (unpaired) electrons. The van der Waals surface area contributed by atoms with Gasteiger partial charge in [0.1, 0.15) is 5.75 Å². The van der Waals surface area contributed by atoms with Crippen LogP contribution in [0.15, 0.2) is 84.9 Å². The van der Waals surface area contributed by atoms with E-state index in [-0.39, 0.29) is 29.8 Å². The molecule has 0 saturated carbocycles. The van der Waals surface area contributed by atoms with Gasteiger partial charge in [-0.2, -0.15) is 0 Å². The predicted octanol–water partition coefficient (Wildman–Crippen LogP) is 5.57. The van der Waals surface area contributed by atoms with Crippen LogP contribution in [0.5, 0.6) is 5.75 Å². The van der Waals surface area contributed by atoms with Crippen molar-refractivity contribution in [3.8, 4) is 5.75 Å². The van der Waals surface area contributed by atoms with Gasteiger partial charge in [0.05, 0.1) is 7.11 Å². The van der Waals surface area contributed by atoms with Crippen molar-refractivity contribution in [1.29, 1.82) is 0 Å². The third kappa shape index (κ3) is 4.55. The van der Waals surface area contributed by atoms with Crippen LogP contribution in [0.4, 0.5) is 0 Å². The molecule has 0 heterocycles. The molecule has 2 atom stereocenters. The quantitative estimate of drug-likeness (QED) is 0.486. The smallest absolute Gasteiger partial charge is 0.166 e. The summed E-state index contributed by atoms with van der Waals surface area (Å²) in [6.07, 6.45) is 0.274. The summed E-state index contributed by atoms with van der Waals surface area (Å²) < 4.78 is 5.16. The lowest BCUT2D eigenvalue weighted by Gasteiger charge is -2.23. The molecule has 0 aliphatic rings. The van der Waals surface area contributed by atoms with Crippen molar-refractivity contribution in [2.75, 3.05) is 7.11 Å². The Hall–Kier alpha value is -3.20. The van der Waals surface area contributed by atoms with Crippen LogP contribution >= 0.6 is 0 Å². The first kappa shape index (κ1) is 19.6. The average molecular weight is 372 g/mol. The molecule has 0 aliphatic carbocycles. The highest BCUT2D eigenvalue weighted by molar-refractivity contribution is 6.00. The molecular weight excluding hydrogens is 348 g/mol. The van der Waals surface area contributed by atoms with E-state index in [0.29, 0.717) is 16.9 Å². The maximum absolute atomic E-state index is 13.0. The second-order valence-electron chi connectivity index (χ2n) is 6.89. The van der Waals surface area contributed by atoms with Gasteiger partial charge in [0.15, 0.2) is 11.6 Å². The van der Waals surface area contributed by atoms with Gasteiger partial charge in [0, 0.05) is 29.4 Å². The van der Waals surface area contributed by atoms with Gasteiger partial charge in [-0.1, -0.05) is 67.6 Å². The number of rotatable bonds is 8. The third-order valence-corrected chi connectivity index (χ3v) is 5.12. The van der Waals surface area contributed by atoms with Crippen LogP contribution in [0, 0.1) is 5.92 Å². The number of hydrogen-bond donors (Lipinski definition) is 0. The van der Waals surface area contributed by atoms with Crippen LogP contribution < -0.4 is 4.74 Å². The summed E-state index contributed by atoms with van der Waals surface area (Å²) in [7, 11) is 1.60. The Labute approximate surface area is 166 Å². The maximum Gasteiger partial charge on any atom is 0.166 e. The van der Waals surface area contributed by atoms with Gasteiger partial charge in [-0.05, 0) is 29.8 Å². The fourth-order valence-corrected chi connectivity index (χ4v) is 3.43. The van der Waals surface area contributed by atoms with Crippen molar-refractivity contribution >= 4 is 11.6 Å². The topological polar surface area (TPSA) is 43.4 Å². The third-order valence-electron chi connectivity index (χ3n) is 5.12. The minimum absolute atomic E-state index is 0.0178. The first-order valence-electron chi connectivity index (χ1n) is 9.41. The molecule has 3 aromatic rings. The summed E-state index contributed by atoms with van der Waals surface area (Å²) in [5.74, 6) is 0.278. The van der Waals surface area contributed by atoms with E-state index >= 15 is 0 Å². The highest BCUT2D eigenvalue weighted by Crippen LogP contribution is 2.32. The standard InChI is InChI=1S/C25H24O3/c1-18(25(27)21-11-7-4-8-12-21)23(19-9-5-3-6-10-19)17-24(26)20-13-15-22(28-2)16-14-20/h3-16,18,23H,17H2,1-2H3/t18-,23-/m1/s1. The van der Waals surface area contributed by atoms with E-state index in [1.807, 2.05) is 67.6 Å². The molecule has 3 aromatic carbocycles. The molecular formula is C25H24O3. The fraction of sp³-hybridized carbons (Fsp3) is 0.200. The van der Waals surface area contributed by atoms with E-state index in [1.165, 1.54) is 0 Å². The van der Waals surface area contributed by atoms with Crippen molar-refractivity contribution in [2.24, 2.45) is 5.92 Å². The van der Waals surface area contributed by atoms with Gasteiger partial charge in [0.2, 0.25) is 0 Å². The Morgan fingerprint density at radius 1 is 0.786 bits per heavy atom. The molecule has 0 bridgehead atoms. The molecule has 28 heavy (non-hydrogen) atoms. The Balaban J connectivity index is 1.86. The van der Waals surface area contributed by atoms with Crippen LogP contribution in [0.1, 0.15) is 45.5 Å². The first-order valence-corrected chi connectivity index (χ1v) is 9.41. The normalized spacial score (nSPS) is 12.8. The van der Waals surface area contributed by atoms with E-state index in [2.05, 4.69) is 0 Å². The summed E-state index contributed by atoms with van der Waals surface area (Å²) >= 11 is 0. The molecule has 0 spiro atoms. The van der Waals surface area contributed by atoms with E-state index in [9.17, 15) is 9.59 Å². The van der Waals surface area contributed by atoms with E-state index in [1.54, 1.807) is 31.4 Å². The number of ketones is 2. The van der Waals surface area contributed by atoms with E-state index in [4.69, 9.17) is 4.74 Å². The zero-order valence-corrected chi connectivity index (χ0v) is 16.2. The summed E-state index contributed by atoms with van der Waals surface area (Å²) in [5, 5.41) is 0. The minimum Gasteiger partial charge on any atom is -0.497 e. The lowest BCUT2D eigenvalue weighted by molar-refractivity contribution is 0.0888. The number of carbonyl (C=O) groups excluding carboxylic acids is 2. The summed E-state index contributed by atoms with van der Waals surface area (Å²) in [6, 6.07) is 26.2. The highest BCUT2D eigenvalue weighted by Gasteiger charge is 2.28. The molecule has 3 nitrogen and oxygen atoms in total. The van der Waals surface area contributed by atoms with Gasteiger partial charge in [-0.3, -0.25) is 9.59 Å². The molecule has 0 aromatic heterocycles. The monoisotopic (exact) mass is 372 g/mol. The van der Waals surface area contributed by atoms with Crippen molar-refractivity contribution in [3.63, 3.8) is 0 Å². The molecule has 3 heteroatoms. The van der Waals surface area contributed by atoms with Crippen molar-refractivity contribution in [3.05, 3.63) is 102 Å². The SMILES string of the molecule is COc1ccc(C(=O)C[C@@H](c2ccccc2)[C@@H](C)C(=O)c2ccccc2)cc1. The van der Waals surface area contributed by atoms with Crippen molar-refractivity contribution in [1.82, 2.24) is 0 Å². The Morgan fingerprint density at radius 2 is 1.36 bits per heavy atom. The second-order valence-corrected chi connectivity index (χ2v) is 6.89. The predicted molar refractivity (Wildman–Crippen MR) is 111 cm³/mol. The summed E-state index contributed by atoms with van der Waals surface area (Å²) in [6.45, 7) is 1.91. The Bertz CT molecular complexity index is 915. The molecule has 0 unspecified atom stereocenters. The van der Waals surface area contributed by atoms with Crippen LogP contribution in [-0.2, 0) is 0 Å². The van der Waals surface area contributed by atoms with Crippen molar-refractivity contribution in [2.45, 2.75) is 19.3 Å². The van der Waals surface area contributed by atoms with Gasteiger partial charge < -0.3 is 4.74 Å². The van der Waals surface area contributed by atoms with Gasteiger partial charge in [-0.15, -0.1) is 0 Å². The van der Waals surface area contributed by atoms with Crippen LogP contribution in [0.25, 0.3) is 0 Å². The Morgan fingerprint density at radius 3 is 1.93 bits per heavy atom. The van der Waals surface area contributed by atoms with Crippen LogP contribution in [-0.4, -0.2) is 18.7 Å². The van der Waals surface area contributed by atoms with Gasteiger partial charge in [-0.25, -0.2) is 0 Å². The maximum atomic E-state index is 13.0. The lowest BCUT2D eigenvalue weighted by atomic mass is 9.79. The lowest BCUT2D eigenvalue weighted by Crippen LogP contribution is -2.22. The van der Waals surface area contributed by atoms with Crippen molar-refractivity contribution < 1.29 is 14.3 Å².